The first-order chi connectivity index (χ1) is 24.8. The topological polar surface area (TPSA) is 166 Å². The number of esters is 1. The fraction of sp³-hybridized carbons (Fsp3) is 0.725. The van der Waals surface area contributed by atoms with Crippen molar-refractivity contribution < 1.29 is 53.4 Å². The molecule has 3 rings (SSSR count). The van der Waals surface area contributed by atoms with Crippen molar-refractivity contribution in [2.24, 2.45) is 28.8 Å². The number of carbonyl (C=O) groups is 2. The van der Waals surface area contributed by atoms with Gasteiger partial charge in [0.2, 0.25) is 0 Å². The SMILES string of the molecule is CC[C@H]1OC(=O)[C@H](C)C(=O)[C@H](C)[C@@H](O[C@@H]2O[C@H](C)C[C@H](N(C)C)[C@H]2O)[C@](C)(OC)C[C@@H](C)/C(=N\OC/C=C/c2ccc(OC)cc2)[C@H](C)[C@@H](O)[C@]1(C)O. The molecule has 1 aromatic carbocycles. The number of ketones is 1. The van der Waals surface area contributed by atoms with E-state index < -0.39 is 77.3 Å². The average molecular weight is 749 g/mol. The predicted octanol–water partition coefficient (Wildman–Crippen LogP) is 4.25. The molecule has 300 valence electrons. The summed E-state index contributed by atoms with van der Waals surface area (Å²) in [5.74, 6) is -4.00. The lowest BCUT2D eigenvalue weighted by Gasteiger charge is -2.47. The lowest BCUT2D eigenvalue weighted by molar-refractivity contribution is -0.295. The van der Waals surface area contributed by atoms with Crippen molar-refractivity contribution in [3.05, 3.63) is 35.9 Å². The molecule has 13 atom stereocenters. The molecule has 2 fully saturated rings. The molecule has 0 radical (unpaired) electrons. The molecule has 0 aromatic heterocycles. The summed E-state index contributed by atoms with van der Waals surface area (Å²) < 4.78 is 30.0. The van der Waals surface area contributed by atoms with Crippen molar-refractivity contribution in [3.8, 4) is 5.75 Å². The van der Waals surface area contributed by atoms with Crippen LogP contribution < -0.4 is 4.74 Å². The number of benzene rings is 1. The number of hydrogen-bond donors (Lipinski definition) is 3. The fourth-order valence-corrected chi connectivity index (χ4v) is 7.67. The smallest absolute Gasteiger partial charge is 0.316 e. The molecule has 0 saturated carbocycles. The monoisotopic (exact) mass is 748 g/mol. The molecule has 53 heavy (non-hydrogen) atoms. The Morgan fingerprint density at radius 3 is 2.23 bits per heavy atom. The third kappa shape index (κ3) is 10.7. The van der Waals surface area contributed by atoms with E-state index in [2.05, 4.69) is 5.16 Å². The van der Waals surface area contributed by atoms with Crippen LogP contribution in [0.15, 0.2) is 35.5 Å². The van der Waals surface area contributed by atoms with Crippen LogP contribution in [0.1, 0.15) is 80.2 Å². The van der Waals surface area contributed by atoms with Crippen LogP contribution in [-0.2, 0) is 33.4 Å². The van der Waals surface area contributed by atoms with Gasteiger partial charge in [-0.05, 0) is 84.8 Å². The highest BCUT2D eigenvalue weighted by molar-refractivity contribution is 6.00. The Morgan fingerprint density at radius 2 is 1.66 bits per heavy atom. The number of ether oxygens (including phenoxy) is 5. The molecule has 0 unspecified atom stereocenters. The summed E-state index contributed by atoms with van der Waals surface area (Å²) in [7, 11) is 6.87. The standard InChI is InChI=1S/C40H64N2O11/c1-13-31-40(8,47)35(45)25(4)32(41-50-20-14-15-28-16-18-29(48-11)19-17-28)23(2)22-39(7,49-12)36(26(5)33(43)27(6)37(46)52-31)53-38-34(44)30(42(9)10)21-24(3)51-38/h14-19,23-27,30-31,34-36,38,44-45,47H,13,20-22H2,1-12H3/b15-14+,41-32+/t23-,24-,25+,26+,27-,30+,31-,34-,35-,36-,38+,39-,40-/m1/s1. The van der Waals surface area contributed by atoms with E-state index in [1.165, 1.54) is 21.0 Å². The van der Waals surface area contributed by atoms with Crippen molar-refractivity contribution >= 4 is 23.5 Å². The summed E-state index contributed by atoms with van der Waals surface area (Å²) in [5, 5.41) is 39.5. The molecule has 13 nitrogen and oxygen atoms in total. The molecule has 13 heteroatoms. The maximum Gasteiger partial charge on any atom is 0.316 e. The number of methoxy groups -OCH3 is 2. The molecule has 0 bridgehead atoms. The molecular formula is C40H64N2O11. The number of aliphatic hydroxyl groups is 3. The third-order valence-electron chi connectivity index (χ3n) is 11.1. The van der Waals surface area contributed by atoms with Crippen molar-refractivity contribution in [2.45, 2.75) is 129 Å². The molecular weight excluding hydrogens is 684 g/mol. The normalized spacial score (nSPS) is 38.9. The molecule has 2 saturated heterocycles. The zero-order chi connectivity index (χ0) is 39.8. The highest BCUT2D eigenvalue weighted by Gasteiger charge is 2.51. The van der Waals surface area contributed by atoms with E-state index in [0.29, 0.717) is 12.1 Å². The Hall–Kier alpha value is -2.91. The summed E-state index contributed by atoms with van der Waals surface area (Å²) in [6.45, 7) is 13.7. The molecule has 0 spiro atoms. The molecule has 2 aliphatic heterocycles. The number of carbonyl (C=O) groups excluding carboxylic acids is 2. The second-order valence-corrected chi connectivity index (χ2v) is 15.4. The van der Waals surface area contributed by atoms with Gasteiger partial charge in [-0.15, -0.1) is 0 Å². The van der Waals surface area contributed by atoms with Gasteiger partial charge in [-0.25, -0.2) is 0 Å². The summed E-state index contributed by atoms with van der Waals surface area (Å²) >= 11 is 0. The number of rotatable bonds is 10. The van der Waals surface area contributed by atoms with Crippen molar-refractivity contribution in [3.63, 3.8) is 0 Å². The Bertz CT molecular complexity index is 1400. The molecule has 3 N–H and O–H groups in total. The van der Waals surface area contributed by atoms with Gasteiger partial charge in [0, 0.05) is 30.9 Å². The summed E-state index contributed by atoms with van der Waals surface area (Å²) in [4.78, 5) is 35.4. The largest absolute Gasteiger partial charge is 0.497 e. The van der Waals surface area contributed by atoms with Gasteiger partial charge in [-0.1, -0.05) is 51.1 Å². The van der Waals surface area contributed by atoms with Crippen molar-refractivity contribution in [2.75, 3.05) is 34.9 Å². The first-order valence-corrected chi connectivity index (χ1v) is 18.7. The number of oxime groups is 1. The predicted molar refractivity (Wildman–Crippen MR) is 201 cm³/mol. The fourth-order valence-electron chi connectivity index (χ4n) is 7.67. The van der Waals surface area contributed by atoms with Gasteiger partial charge in [-0.2, -0.15) is 0 Å². The lowest BCUT2D eigenvalue weighted by atomic mass is 9.74. The maximum absolute atomic E-state index is 14.1. The third-order valence-corrected chi connectivity index (χ3v) is 11.1. The van der Waals surface area contributed by atoms with Gasteiger partial charge in [0.15, 0.2) is 12.1 Å². The Kier molecular flexibility index (Phi) is 16.0. The van der Waals surface area contributed by atoms with Gasteiger partial charge in [0.25, 0.3) is 0 Å². The van der Waals surface area contributed by atoms with E-state index in [1.54, 1.807) is 40.9 Å². The van der Waals surface area contributed by atoms with Crippen molar-refractivity contribution in [1.82, 2.24) is 4.90 Å². The highest BCUT2D eigenvalue weighted by Crippen LogP contribution is 2.38. The van der Waals surface area contributed by atoms with Gasteiger partial charge < -0.3 is 48.7 Å². The first kappa shape index (κ1) is 44.5. The number of likely N-dealkylation sites (N-methyl/N-ethyl adjacent to an activating group) is 1. The van der Waals surface area contributed by atoms with Gasteiger partial charge in [0.1, 0.15) is 36.1 Å². The zero-order valence-corrected chi connectivity index (χ0v) is 33.6. The number of cyclic esters (lactones) is 1. The van der Waals surface area contributed by atoms with Crippen LogP contribution in [0.5, 0.6) is 5.75 Å². The molecule has 1 aromatic rings. The van der Waals surface area contributed by atoms with Crippen LogP contribution in [0, 0.1) is 23.7 Å². The summed E-state index contributed by atoms with van der Waals surface area (Å²) in [5.41, 5.74) is -1.79. The first-order valence-electron chi connectivity index (χ1n) is 18.7. The van der Waals surface area contributed by atoms with E-state index in [0.717, 1.165) is 11.3 Å². The zero-order valence-electron chi connectivity index (χ0n) is 33.6. The van der Waals surface area contributed by atoms with Crippen LogP contribution in [0.4, 0.5) is 0 Å². The lowest BCUT2D eigenvalue weighted by Crippen LogP contribution is -2.60. The molecule has 2 aliphatic rings. The van der Waals surface area contributed by atoms with E-state index in [-0.39, 0.29) is 31.6 Å². The van der Waals surface area contributed by atoms with Crippen LogP contribution in [-0.4, -0.2) is 127 Å². The Balaban J connectivity index is 2.09. The second-order valence-electron chi connectivity index (χ2n) is 15.4. The summed E-state index contributed by atoms with van der Waals surface area (Å²) in [6.07, 6.45) is -1.38. The Morgan fingerprint density at radius 1 is 1.02 bits per heavy atom. The van der Waals surface area contributed by atoms with Crippen LogP contribution in [0.2, 0.25) is 0 Å². The van der Waals surface area contributed by atoms with Crippen molar-refractivity contribution in [1.29, 1.82) is 0 Å². The van der Waals surface area contributed by atoms with Crippen LogP contribution in [0.25, 0.3) is 6.08 Å². The number of Topliss-reactive ketones (excluding diaryl/α,β-unsaturated/α-hetero) is 1. The van der Waals surface area contributed by atoms with E-state index in [1.807, 2.05) is 63.2 Å². The van der Waals surface area contributed by atoms with Gasteiger partial charge >= 0.3 is 5.97 Å². The maximum atomic E-state index is 14.1. The van der Waals surface area contributed by atoms with E-state index >= 15 is 0 Å². The van der Waals surface area contributed by atoms with Gasteiger partial charge in [0.05, 0.1) is 36.7 Å². The van der Waals surface area contributed by atoms with E-state index in [9.17, 15) is 24.9 Å². The second kappa shape index (κ2) is 19.1. The van der Waals surface area contributed by atoms with E-state index in [4.69, 9.17) is 28.5 Å². The minimum absolute atomic E-state index is 0.107. The average Bonchev–Trinajstić information content (AvgIpc) is 3.13. The van der Waals surface area contributed by atoms with Crippen LogP contribution in [0.3, 0.4) is 0 Å². The Labute approximate surface area is 315 Å². The van der Waals surface area contributed by atoms with Gasteiger partial charge in [-0.3, -0.25) is 9.59 Å². The quantitative estimate of drug-likeness (QED) is 0.135. The number of aliphatic hydroxyl groups excluding tert-OH is 2. The molecule has 2 heterocycles. The van der Waals surface area contributed by atoms with Crippen LogP contribution >= 0.6 is 0 Å². The minimum Gasteiger partial charge on any atom is -0.497 e. The number of hydrogen-bond acceptors (Lipinski definition) is 13. The molecule has 0 aliphatic carbocycles. The molecule has 0 amide bonds. The minimum atomic E-state index is -1.92. The number of nitrogens with zero attached hydrogens (tertiary/aromatic N) is 2. The highest BCUT2D eigenvalue weighted by atomic mass is 16.7. The summed E-state index contributed by atoms with van der Waals surface area (Å²) in [6, 6.07) is 7.26.